The van der Waals surface area contributed by atoms with Crippen molar-refractivity contribution in [3.05, 3.63) is 29.3 Å². The summed E-state index contributed by atoms with van der Waals surface area (Å²) in [4.78, 5) is 11.6. The number of carbonyl (C=O) groups excluding carboxylic acids is 1. The number of carbonyl (C=O) groups is 1. The molecular weight excluding hydrogens is 252 g/mol. The van der Waals surface area contributed by atoms with Gasteiger partial charge in [0.15, 0.2) is 6.61 Å². The van der Waals surface area contributed by atoms with Crippen LogP contribution in [0.1, 0.15) is 43.4 Å². The zero-order valence-corrected chi connectivity index (χ0v) is 11.9. The normalized spacial score (nSPS) is 20.6. The Hall–Kier alpha value is -1.55. The lowest BCUT2D eigenvalue weighted by molar-refractivity contribution is -0.123. The van der Waals surface area contributed by atoms with Crippen molar-refractivity contribution in [3.8, 4) is 5.75 Å². The van der Waals surface area contributed by atoms with Gasteiger partial charge >= 0.3 is 0 Å². The molecule has 4 heteroatoms. The summed E-state index contributed by atoms with van der Waals surface area (Å²) in [7, 11) is 0. The Morgan fingerprint density at radius 1 is 1.35 bits per heavy atom. The summed E-state index contributed by atoms with van der Waals surface area (Å²) in [5, 5.41) is 6.42. The van der Waals surface area contributed by atoms with E-state index in [2.05, 4.69) is 29.7 Å². The fraction of sp³-hybridized carbons (Fsp3) is 0.562. The third kappa shape index (κ3) is 3.12. The van der Waals surface area contributed by atoms with Crippen molar-refractivity contribution in [2.45, 2.75) is 44.7 Å². The molecule has 1 atom stereocenters. The highest BCUT2D eigenvalue weighted by atomic mass is 16.5. The Labute approximate surface area is 119 Å². The van der Waals surface area contributed by atoms with E-state index in [4.69, 9.17) is 4.74 Å². The summed E-state index contributed by atoms with van der Waals surface area (Å²) in [6.45, 7) is 3.24. The number of rotatable bonds is 6. The summed E-state index contributed by atoms with van der Waals surface area (Å²) in [6, 6.07) is 7.05. The first kappa shape index (κ1) is 13.4. The van der Waals surface area contributed by atoms with Gasteiger partial charge in [-0.1, -0.05) is 13.0 Å². The van der Waals surface area contributed by atoms with Crippen molar-refractivity contribution in [1.82, 2.24) is 10.6 Å². The summed E-state index contributed by atoms with van der Waals surface area (Å²) in [5.74, 6) is 0.783. The van der Waals surface area contributed by atoms with E-state index in [1.165, 1.54) is 11.1 Å². The summed E-state index contributed by atoms with van der Waals surface area (Å²) < 4.78 is 5.58. The molecule has 20 heavy (non-hydrogen) atoms. The minimum atomic E-state index is -0.0153. The van der Waals surface area contributed by atoms with Crippen LogP contribution in [0.2, 0.25) is 0 Å². The van der Waals surface area contributed by atoms with Gasteiger partial charge in [-0.2, -0.15) is 0 Å². The highest BCUT2D eigenvalue weighted by Crippen LogP contribution is 2.33. The minimum Gasteiger partial charge on any atom is -0.484 e. The number of amides is 1. The van der Waals surface area contributed by atoms with E-state index in [-0.39, 0.29) is 12.5 Å². The lowest BCUT2D eigenvalue weighted by atomic mass is 10.1. The van der Waals surface area contributed by atoms with Crippen LogP contribution in [0.5, 0.6) is 5.75 Å². The van der Waals surface area contributed by atoms with Gasteiger partial charge in [-0.3, -0.25) is 4.79 Å². The molecule has 2 aliphatic rings. The molecule has 0 aliphatic heterocycles. The van der Waals surface area contributed by atoms with Gasteiger partial charge < -0.3 is 15.4 Å². The maximum absolute atomic E-state index is 11.6. The molecule has 1 aromatic carbocycles. The SMILES string of the molecule is CCNC1CCc2cc(OCC(=O)NC3CC3)ccc21. The van der Waals surface area contributed by atoms with Crippen molar-refractivity contribution in [2.75, 3.05) is 13.2 Å². The van der Waals surface area contributed by atoms with E-state index in [1.54, 1.807) is 0 Å². The molecule has 0 aromatic heterocycles. The molecular formula is C16H22N2O2. The largest absolute Gasteiger partial charge is 0.484 e. The third-order valence-electron chi connectivity index (χ3n) is 3.96. The molecule has 4 nitrogen and oxygen atoms in total. The van der Waals surface area contributed by atoms with Gasteiger partial charge in [0.1, 0.15) is 5.75 Å². The lowest BCUT2D eigenvalue weighted by Gasteiger charge is -2.13. The summed E-state index contributed by atoms with van der Waals surface area (Å²) >= 11 is 0. The Balaban J connectivity index is 1.57. The number of ether oxygens (including phenoxy) is 1. The second-order valence-electron chi connectivity index (χ2n) is 5.64. The predicted molar refractivity (Wildman–Crippen MR) is 77.8 cm³/mol. The Morgan fingerprint density at radius 2 is 2.20 bits per heavy atom. The van der Waals surface area contributed by atoms with Gasteiger partial charge in [0.05, 0.1) is 0 Å². The Morgan fingerprint density at radius 3 is 2.95 bits per heavy atom. The van der Waals surface area contributed by atoms with E-state index < -0.39 is 0 Å². The first-order chi connectivity index (χ1) is 9.76. The molecule has 1 saturated carbocycles. The number of hydrogen-bond acceptors (Lipinski definition) is 3. The fourth-order valence-electron chi connectivity index (χ4n) is 2.79. The standard InChI is InChI=1S/C16H22N2O2/c1-2-17-15-8-3-11-9-13(6-7-14(11)15)20-10-16(19)18-12-4-5-12/h6-7,9,12,15,17H,2-5,8,10H2,1H3,(H,18,19). The highest BCUT2D eigenvalue weighted by Gasteiger charge is 2.24. The van der Waals surface area contributed by atoms with Crippen LogP contribution in [0.25, 0.3) is 0 Å². The maximum Gasteiger partial charge on any atom is 0.258 e. The molecule has 2 aliphatic carbocycles. The van der Waals surface area contributed by atoms with Gasteiger partial charge in [-0.05, 0) is 55.5 Å². The predicted octanol–water partition coefficient (Wildman–Crippen LogP) is 1.94. The Kier molecular flexibility index (Phi) is 3.92. The molecule has 0 heterocycles. The molecule has 1 aromatic rings. The van der Waals surface area contributed by atoms with Crippen LogP contribution >= 0.6 is 0 Å². The van der Waals surface area contributed by atoms with E-state index in [1.807, 2.05) is 6.07 Å². The second-order valence-corrected chi connectivity index (χ2v) is 5.64. The summed E-state index contributed by atoms with van der Waals surface area (Å²) in [6.07, 6.45) is 4.44. The van der Waals surface area contributed by atoms with Gasteiger partial charge in [0, 0.05) is 12.1 Å². The number of fused-ring (bicyclic) bond motifs is 1. The third-order valence-corrected chi connectivity index (χ3v) is 3.96. The maximum atomic E-state index is 11.6. The van der Waals surface area contributed by atoms with Crippen molar-refractivity contribution in [1.29, 1.82) is 0 Å². The molecule has 2 N–H and O–H groups in total. The molecule has 0 radical (unpaired) electrons. The first-order valence-corrected chi connectivity index (χ1v) is 7.54. The van der Waals surface area contributed by atoms with Crippen LogP contribution in [0.3, 0.4) is 0 Å². The molecule has 1 amide bonds. The van der Waals surface area contributed by atoms with Gasteiger partial charge in [-0.15, -0.1) is 0 Å². The Bertz CT molecular complexity index is 497. The van der Waals surface area contributed by atoms with Crippen LogP contribution in [0, 0.1) is 0 Å². The average Bonchev–Trinajstić information content (AvgIpc) is 3.17. The lowest BCUT2D eigenvalue weighted by Crippen LogP contribution is -2.30. The smallest absolute Gasteiger partial charge is 0.258 e. The minimum absolute atomic E-state index is 0.0153. The highest BCUT2D eigenvalue weighted by molar-refractivity contribution is 5.78. The van der Waals surface area contributed by atoms with Gasteiger partial charge in [-0.25, -0.2) is 0 Å². The number of aryl methyl sites for hydroxylation is 1. The zero-order valence-electron chi connectivity index (χ0n) is 11.9. The quantitative estimate of drug-likeness (QED) is 0.833. The second kappa shape index (κ2) is 5.83. The van der Waals surface area contributed by atoms with Gasteiger partial charge in [0.25, 0.3) is 5.91 Å². The van der Waals surface area contributed by atoms with E-state index in [0.29, 0.717) is 12.1 Å². The van der Waals surface area contributed by atoms with E-state index in [9.17, 15) is 4.79 Å². The van der Waals surface area contributed by atoms with Crippen LogP contribution in [-0.2, 0) is 11.2 Å². The van der Waals surface area contributed by atoms with Crippen molar-refractivity contribution in [2.24, 2.45) is 0 Å². The molecule has 1 unspecified atom stereocenters. The summed E-state index contributed by atoms with van der Waals surface area (Å²) in [5.41, 5.74) is 2.72. The topological polar surface area (TPSA) is 50.4 Å². The molecule has 3 rings (SSSR count). The van der Waals surface area contributed by atoms with E-state index >= 15 is 0 Å². The van der Waals surface area contributed by atoms with Gasteiger partial charge in [0.2, 0.25) is 0 Å². The fourth-order valence-corrected chi connectivity index (χ4v) is 2.79. The number of nitrogens with one attached hydrogen (secondary N) is 2. The molecule has 108 valence electrons. The molecule has 1 fully saturated rings. The van der Waals surface area contributed by atoms with Crippen molar-refractivity contribution in [3.63, 3.8) is 0 Å². The van der Waals surface area contributed by atoms with Crippen molar-refractivity contribution >= 4 is 5.91 Å². The molecule has 0 bridgehead atoms. The monoisotopic (exact) mass is 274 g/mol. The molecule has 0 saturated heterocycles. The average molecular weight is 274 g/mol. The van der Waals surface area contributed by atoms with Crippen LogP contribution in [0.15, 0.2) is 18.2 Å². The van der Waals surface area contributed by atoms with Crippen molar-refractivity contribution < 1.29 is 9.53 Å². The first-order valence-electron chi connectivity index (χ1n) is 7.54. The zero-order chi connectivity index (χ0) is 13.9. The van der Waals surface area contributed by atoms with Crippen LogP contribution in [0.4, 0.5) is 0 Å². The van der Waals surface area contributed by atoms with Crippen LogP contribution in [-0.4, -0.2) is 25.1 Å². The molecule has 0 spiro atoms. The number of benzene rings is 1. The number of hydrogen-bond donors (Lipinski definition) is 2. The van der Waals surface area contributed by atoms with Crippen LogP contribution < -0.4 is 15.4 Å². The van der Waals surface area contributed by atoms with E-state index in [0.717, 1.165) is 38.0 Å².